The highest BCUT2D eigenvalue weighted by Crippen LogP contribution is 2.19. The normalized spacial score (nSPS) is 11.9. The zero-order chi connectivity index (χ0) is 17.5. The summed E-state index contributed by atoms with van der Waals surface area (Å²) in [6.45, 7) is 8.92. The average Bonchev–Trinajstić information content (AvgIpc) is 2.46. The van der Waals surface area contributed by atoms with Crippen LogP contribution in [0.5, 0.6) is 0 Å². The predicted molar refractivity (Wildman–Crippen MR) is 93.9 cm³/mol. The summed E-state index contributed by atoms with van der Waals surface area (Å²) in [5.74, 6) is 0.223. The van der Waals surface area contributed by atoms with Gasteiger partial charge < -0.3 is 5.32 Å². The zero-order valence-electron chi connectivity index (χ0n) is 14.5. The topological polar surface area (TPSA) is 66.5 Å². The number of hydrogen-bond donors (Lipinski definition) is 1. The van der Waals surface area contributed by atoms with Crippen LogP contribution in [0.2, 0.25) is 0 Å². The molecule has 130 valence electrons. The van der Waals surface area contributed by atoms with Crippen LogP contribution in [-0.4, -0.2) is 31.7 Å². The number of hydrogen-bond acceptors (Lipinski definition) is 3. The number of amides is 1. The molecule has 0 aromatic heterocycles. The van der Waals surface area contributed by atoms with E-state index in [9.17, 15) is 13.2 Å². The molecule has 0 aliphatic heterocycles. The molecule has 0 bridgehead atoms. The van der Waals surface area contributed by atoms with E-state index in [1.54, 1.807) is 24.3 Å². The van der Waals surface area contributed by atoms with Crippen molar-refractivity contribution in [3.63, 3.8) is 0 Å². The summed E-state index contributed by atoms with van der Waals surface area (Å²) in [4.78, 5) is 12.0. The monoisotopic (exact) mass is 340 g/mol. The van der Waals surface area contributed by atoms with Crippen molar-refractivity contribution in [1.29, 1.82) is 0 Å². The van der Waals surface area contributed by atoms with Gasteiger partial charge in [0.1, 0.15) is 0 Å². The smallest absolute Gasteiger partial charge is 0.243 e. The van der Waals surface area contributed by atoms with Crippen LogP contribution in [-0.2, 0) is 14.8 Å². The van der Waals surface area contributed by atoms with Crippen molar-refractivity contribution in [2.45, 2.75) is 51.9 Å². The van der Waals surface area contributed by atoms with Crippen molar-refractivity contribution < 1.29 is 13.2 Å². The number of carbonyl (C=O) groups excluding carboxylic acids is 1. The van der Waals surface area contributed by atoms with E-state index in [1.807, 2.05) is 27.7 Å². The molecule has 1 aromatic rings. The standard InChI is InChI=1S/C17H28N2O3S/c1-5-11-19(12-6-2)23(21,22)16-9-7-15(8-10-16)18-17(20)13-14(3)4/h7-10,14H,5-6,11-13H2,1-4H3,(H,18,20). The number of nitrogens with one attached hydrogen (secondary N) is 1. The summed E-state index contributed by atoms with van der Waals surface area (Å²) >= 11 is 0. The van der Waals surface area contributed by atoms with Crippen LogP contribution in [0.3, 0.4) is 0 Å². The molecule has 0 radical (unpaired) electrons. The number of rotatable bonds is 9. The molecule has 0 aliphatic carbocycles. The first-order valence-corrected chi connectivity index (χ1v) is 9.65. The van der Waals surface area contributed by atoms with Crippen LogP contribution in [0.1, 0.15) is 47.0 Å². The Bertz CT molecular complexity index is 589. The maximum atomic E-state index is 12.6. The first-order valence-electron chi connectivity index (χ1n) is 8.21. The molecule has 5 nitrogen and oxygen atoms in total. The fraction of sp³-hybridized carbons (Fsp3) is 0.588. The number of anilines is 1. The summed E-state index contributed by atoms with van der Waals surface area (Å²) < 4.78 is 26.8. The Balaban J connectivity index is 2.87. The molecular weight excluding hydrogens is 312 g/mol. The number of sulfonamides is 1. The van der Waals surface area contributed by atoms with Crippen molar-refractivity contribution >= 4 is 21.6 Å². The Morgan fingerprint density at radius 1 is 1.09 bits per heavy atom. The van der Waals surface area contributed by atoms with Gasteiger partial charge in [-0.25, -0.2) is 8.42 Å². The van der Waals surface area contributed by atoms with Gasteiger partial charge in [0, 0.05) is 25.2 Å². The summed E-state index contributed by atoms with van der Waals surface area (Å²) in [5, 5.41) is 2.78. The molecule has 1 aromatic carbocycles. The molecule has 1 N–H and O–H groups in total. The average molecular weight is 340 g/mol. The lowest BCUT2D eigenvalue weighted by Gasteiger charge is -2.21. The fourth-order valence-electron chi connectivity index (χ4n) is 2.29. The van der Waals surface area contributed by atoms with Gasteiger partial charge in [0.15, 0.2) is 0 Å². The predicted octanol–water partition coefficient (Wildman–Crippen LogP) is 3.48. The van der Waals surface area contributed by atoms with Crippen LogP contribution >= 0.6 is 0 Å². The minimum Gasteiger partial charge on any atom is -0.326 e. The van der Waals surface area contributed by atoms with E-state index < -0.39 is 10.0 Å². The van der Waals surface area contributed by atoms with E-state index in [1.165, 1.54) is 4.31 Å². The lowest BCUT2D eigenvalue weighted by molar-refractivity contribution is -0.116. The van der Waals surface area contributed by atoms with E-state index in [0.29, 0.717) is 25.2 Å². The Kier molecular flexibility index (Phi) is 7.72. The molecule has 0 spiro atoms. The third kappa shape index (κ3) is 5.95. The number of carbonyl (C=O) groups is 1. The highest BCUT2D eigenvalue weighted by atomic mass is 32.2. The zero-order valence-corrected chi connectivity index (χ0v) is 15.3. The Morgan fingerprint density at radius 2 is 1.61 bits per heavy atom. The Hall–Kier alpha value is -1.40. The molecule has 0 heterocycles. The first kappa shape index (κ1) is 19.6. The summed E-state index contributed by atoms with van der Waals surface area (Å²) in [5.41, 5.74) is 0.618. The van der Waals surface area contributed by atoms with Gasteiger partial charge in [-0.2, -0.15) is 4.31 Å². The van der Waals surface area contributed by atoms with E-state index in [2.05, 4.69) is 5.32 Å². The highest BCUT2D eigenvalue weighted by Gasteiger charge is 2.22. The quantitative estimate of drug-likeness (QED) is 0.748. The van der Waals surface area contributed by atoms with E-state index in [-0.39, 0.29) is 16.7 Å². The van der Waals surface area contributed by atoms with Crippen LogP contribution in [0.15, 0.2) is 29.2 Å². The van der Waals surface area contributed by atoms with Crippen molar-refractivity contribution in [3.05, 3.63) is 24.3 Å². The highest BCUT2D eigenvalue weighted by molar-refractivity contribution is 7.89. The number of benzene rings is 1. The van der Waals surface area contributed by atoms with Gasteiger partial charge in [-0.05, 0) is 43.0 Å². The van der Waals surface area contributed by atoms with E-state index in [4.69, 9.17) is 0 Å². The molecule has 1 rings (SSSR count). The largest absolute Gasteiger partial charge is 0.326 e. The van der Waals surface area contributed by atoms with Crippen molar-refractivity contribution in [1.82, 2.24) is 4.31 Å². The van der Waals surface area contributed by atoms with E-state index >= 15 is 0 Å². The molecule has 0 saturated heterocycles. The van der Waals surface area contributed by atoms with Gasteiger partial charge in [0.25, 0.3) is 0 Å². The maximum Gasteiger partial charge on any atom is 0.243 e. The van der Waals surface area contributed by atoms with Gasteiger partial charge in [0.2, 0.25) is 15.9 Å². The minimum atomic E-state index is -3.47. The third-order valence-electron chi connectivity index (χ3n) is 3.32. The second kappa shape index (κ2) is 9.03. The molecule has 6 heteroatoms. The van der Waals surface area contributed by atoms with Crippen LogP contribution in [0.4, 0.5) is 5.69 Å². The fourth-order valence-corrected chi connectivity index (χ4v) is 3.92. The lowest BCUT2D eigenvalue weighted by Crippen LogP contribution is -2.32. The SMILES string of the molecule is CCCN(CCC)S(=O)(=O)c1ccc(NC(=O)CC(C)C)cc1. The van der Waals surface area contributed by atoms with Crippen LogP contribution in [0.25, 0.3) is 0 Å². The molecule has 0 aliphatic rings. The van der Waals surface area contributed by atoms with Gasteiger partial charge in [0.05, 0.1) is 4.90 Å². The molecule has 1 amide bonds. The van der Waals surface area contributed by atoms with Crippen molar-refractivity contribution in [3.8, 4) is 0 Å². The Morgan fingerprint density at radius 3 is 2.04 bits per heavy atom. The van der Waals surface area contributed by atoms with Crippen molar-refractivity contribution in [2.24, 2.45) is 5.92 Å². The third-order valence-corrected chi connectivity index (χ3v) is 5.23. The van der Waals surface area contributed by atoms with E-state index in [0.717, 1.165) is 12.8 Å². The Labute approximate surface area is 140 Å². The number of nitrogens with zero attached hydrogens (tertiary/aromatic N) is 1. The van der Waals surface area contributed by atoms with Crippen molar-refractivity contribution in [2.75, 3.05) is 18.4 Å². The minimum absolute atomic E-state index is 0.0609. The first-order chi connectivity index (χ1) is 10.8. The molecule has 23 heavy (non-hydrogen) atoms. The molecule has 0 fully saturated rings. The maximum absolute atomic E-state index is 12.6. The van der Waals surface area contributed by atoms with Gasteiger partial charge in [-0.1, -0.05) is 27.7 Å². The molecular formula is C17H28N2O3S. The van der Waals surface area contributed by atoms with Crippen LogP contribution in [0, 0.1) is 5.92 Å². The van der Waals surface area contributed by atoms with Gasteiger partial charge in [-0.3, -0.25) is 4.79 Å². The molecule has 0 unspecified atom stereocenters. The van der Waals surface area contributed by atoms with Crippen LogP contribution < -0.4 is 5.32 Å². The summed E-state index contributed by atoms with van der Waals surface area (Å²) in [7, 11) is -3.47. The van der Waals surface area contributed by atoms with Gasteiger partial charge >= 0.3 is 0 Å². The molecule has 0 saturated carbocycles. The lowest BCUT2D eigenvalue weighted by atomic mass is 10.1. The second-order valence-electron chi connectivity index (χ2n) is 6.07. The molecule has 0 atom stereocenters. The summed E-state index contributed by atoms with van der Waals surface area (Å²) in [6.07, 6.45) is 2.01. The van der Waals surface area contributed by atoms with Gasteiger partial charge in [-0.15, -0.1) is 0 Å². The second-order valence-corrected chi connectivity index (χ2v) is 8.01. The summed E-state index contributed by atoms with van der Waals surface area (Å²) in [6, 6.07) is 6.39.